The van der Waals surface area contributed by atoms with Gasteiger partial charge in [-0.15, -0.1) is 11.8 Å². The van der Waals surface area contributed by atoms with Crippen LogP contribution in [0.5, 0.6) is 0 Å². The van der Waals surface area contributed by atoms with E-state index in [9.17, 15) is 0 Å². The van der Waals surface area contributed by atoms with Crippen molar-refractivity contribution in [3.05, 3.63) is 28.8 Å². The van der Waals surface area contributed by atoms with Gasteiger partial charge in [0, 0.05) is 16.0 Å². The van der Waals surface area contributed by atoms with Crippen LogP contribution < -0.4 is 5.73 Å². The quantitative estimate of drug-likeness (QED) is 0.798. The van der Waals surface area contributed by atoms with E-state index in [0.29, 0.717) is 0 Å². The maximum absolute atomic E-state index is 6.18. The van der Waals surface area contributed by atoms with Gasteiger partial charge in [-0.2, -0.15) is 0 Å². The fourth-order valence-corrected chi connectivity index (χ4v) is 2.48. The molecule has 0 radical (unpaired) electrons. The summed E-state index contributed by atoms with van der Waals surface area (Å²) in [4.78, 5) is 1.25. The highest BCUT2D eigenvalue weighted by Gasteiger charge is 2.04. The minimum absolute atomic E-state index is 0.164. The molecular weight excluding hydrogens is 226 g/mol. The van der Waals surface area contributed by atoms with E-state index in [2.05, 4.69) is 19.1 Å². The van der Waals surface area contributed by atoms with Crippen molar-refractivity contribution < 1.29 is 0 Å². The van der Waals surface area contributed by atoms with E-state index >= 15 is 0 Å². The Morgan fingerprint density at radius 3 is 2.73 bits per heavy atom. The Morgan fingerprint density at radius 2 is 2.20 bits per heavy atom. The molecule has 0 fully saturated rings. The predicted octanol–water partition coefficient (Wildman–Crippen LogP) is 3.73. The lowest BCUT2D eigenvalue weighted by molar-refractivity contribution is 0.738. The van der Waals surface area contributed by atoms with Crippen LogP contribution in [0.3, 0.4) is 0 Å². The summed E-state index contributed by atoms with van der Waals surface area (Å²) < 4.78 is 0. The van der Waals surface area contributed by atoms with Crippen LogP contribution in [0.4, 0.5) is 0 Å². The number of halogens is 1. The average Bonchev–Trinajstić information content (AvgIpc) is 2.18. The Balaban J connectivity index is 2.70. The van der Waals surface area contributed by atoms with Gasteiger partial charge in [0.25, 0.3) is 0 Å². The van der Waals surface area contributed by atoms with Crippen molar-refractivity contribution in [3.63, 3.8) is 0 Å². The summed E-state index contributed by atoms with van der Waals surface area (Å²) in [6.07, 6.45) is 2.03. The molecule has 0 aromatic heterocycles. The molecule has 1 nitrogen and oxygen atoms in total. The maximum Gasteiger partial charge on any atom is 0.0449 e. The number of nitrogens with two attached hydrogens (primary N) is 1. The Kier molecular flexibility index (Phi) is 5.51. The van der Waals surface area contributed by atoms with Crippen molar-refractivity contribution in [1.82, 2.24) is 0 Å². The van der Waals surface area contributed by atoms with E-state index in [1.807, 2.05) is 24.8 Å². The molecule has 0 bridgehead atoms. The summed E-state index contributed by atoms with van der Waals surface area (Å²) in [5.41, 5.74) is 6.89. The van der Waals surface area contributed by atoms with Crippen LogP contribution in [0.1, 0.15) is 25.8 Å². The van der Waals surface area contributed by atoms with Crippen LogP contribution in [0.2, 0.25) is 5.02 Å². The summed E-state index contributed by atoms with van der Waals surface area (Å²) in [5, 5.41) is 0.841. The van der Waals surface area contributed by atoms with Crippen LogP contribution in [0, 0.1) is 0 Å². The second-order valence-electron chi connectivity index (χ2n) is 3.78. The smallest absolute Gasteiger partial charge is 0.0449 e. The third kappa shape index (κ3) is 4.45. The topological polar surface area (TPSA) is 26.0 Å². The molecule has 0 saturated heterocycles. The van der Waals surface area contributed by atoms with E-state index in [1.165, 1.54) is 11.3 Å². The van der Waals surface area contributed by atoms with Gasteiger partial charge in [-0.25, -0.2) is 0 Å². The second kappa shape index (κ2) is 6.41. The van der Waals surface area contributed by atoms with Crippen LogP contribution in [0.15, 0.2) is 23.1 Å². The Bertz CT molecular complexity index is 312. The fourth-order valence-electron chi connectivity index (χ4n) is 1.35. The van der Waals surface area contributed by atoms with Crippen molar-refractivity contribution >= 4 is 23.4 Å². The van der Waals surface area contributed by atoms with E-state index in [-0.39, 0.29) is 6.04 Å². The average molecular weight is 244 g/mol. The molecule has 15 heavy (non-hydrogen) atoms. The summed E-state index contributed by atoms with van der Waals surface area (Å²) in [6.45, 7) is 4.18. The van der Waals surface area contributed by atoms with E-state index < -0.39 is 0 Å². The number of thioether (sulfide) groups is 1. The number of hydrogen-bond donors (Lipinski definition) is 1. The van der Waals surface area contributed by atoms with E-state index in [1.54, 1.807) is 0 Å². The molecule has 1 aromatic carbocycles. The lowest BCUT2D eigenvalue weighted by atomic mass is 10.1. The van der Waals surface area contributed by atoms with Gasteiger partial charge in [0.1, 0.15) is 0 Å². The number of hydrogen-bond acceptors (Lipinski definition) is 2. The Labute approximate surface area is 101 Å². The Hall–Kier alpha value is -0.180. The number of benzene rings is 1. The first-order chi connectivity index (χ1) is 7.13. The first-order valence-corrected chi connectivity index (χ1v) is 6.66. The van der Waals surface area contributed by atoms with Crippen LogP contribution in [-0.4, -0.2) is 11.8 Å². The standard InChI is InChI=1S/C12H18ClNS/c1-3-6-15-11-5-4-10(7-9(2)14)12(13)8-11/h4-5,8-9H,3,6-7,14H2,1-2H3. The molecule has 3 heteroatoms. The SMILES string of the molecule is CCCSc1ccc(CC(C)N)c(Cl)c1. The summed E-state index contributed by atoms with van der Waals surface area (Å²) >= 11 is 8.03. The lowest BCUT2D eigenvalue weighted by Crippen LogP contribution is -2.17. The molecule has 0 spiro atoms. The van der Waals surface area contributed by atoms with Gasteiger partial charge in [0.2, 0.25) is 0 Å². The molecule has 1 unspecified atom stereocenters. The predicted molar refractivity (Wildman–Crippen MR) is 69.8 cm³/mol. The van der Waals surface area contributed by atoms with Crippen molar-refractivity contribution in [2.45, 2.75) is 37.6 Å². The number of rotatable bonds is 5. The Morgan fingerprint density at radius 1 is 1.47 bits per heavy atom. The molecule has 0 aliphatic carbocycles. The summed E-state index contributed by atoms with van der Waals surface area (Å²) in [5.74, 6) is 1.14. The molecule has 84 valence electrons. The third-order valence-corrected chi connectivity index (χ3v) is 3.59. The zero-order chi connectivity index (χ0) is 11.3. The lowest BCUT2D eigenvalue weighted by Gasteiger charge is -2.09. The minimum atomic E-state index is 0.164. The molecule has 2 N–H and O–H groups in total. The maximum atomic E-state index is 6.18. The van der Waals surface area contributed by atoms with Gasteiger partial charge >= 0.3 is 0 Å². The van der Waals surface area contributed by atoms with E-state index in [4.69, 9.17) is 17.3 Å². The van der Waals surface area contributed by atoms with Gasteiger partial charge in [-0.3, -0.25) is 0 Å². The van der Waals surface area contributed by atoms with Gasteiger partial charge in [0.05, 0.1) is 0 Å². The molecule has 0 amide bonds. The third-order valence-electron chi connectivity index (χ3n) is 2.04. The van der Waals surface area contributed by atoms with Crippen LogP contribution >= 0.6 is 23.4 Å². The largest absolute Gasteiger partial charge is 0.328 e. The van der Waals surface area contributed by atoms with Crippen molar-refractivity contribution in [3.8, 4) is 0 Å². The van der Waals surface area contributed by atoms with Crippen molar-refractivity contribution in [2.75, 3.05) is 5.75 Å². The van der Waals surface area contributed by atoms with Crippen molar-refractivity contribution in [2.24, 2.45) is 5.73 Å². The summed E-state index contributed by atoms with van der Waals surface area (Å²) in [7, 11) is 0. The molecule has 1 rings (SSSR count). The first kappa shape index (κ1) is 12.9. The molecule has 0 aliphatic rings. The molecular formula is C12H18ClNS. The zero-order valence-electron chi connectivity index (χ0n) is 9.29. The van der Waals surface area contributed by atoms with Crippen LogP contribution in [0.25, 0.3) is 0 Å². The minimum Gasteiger partial charge on any atom is -0.328 e. The van der Waals surface area contributed by atoms with Crippen molar-refractivity contribution in [1.29, 1.82) is 0 Å². The summed E-state index contributed by atoms with van der Waals surface area (Å²) in [6, 6.07) is 6.42. The molecule has 0 heterocycles. The van der Waals surface area contributed by atoms with Gasteiger partial charge in [0.15, 0.2) is 0 Å². The first-order valence-electron chi connectivity index (χ1n) is 5.30. The molecule has 0 aliphatic heterocycles. The van der Waals surface area contributed by atoms with Crippen LogP contribution in [-0.2, 0) is 6.42 Å². The molecule has 1 aromatic rings. The zero-order valence-corrected chi connectivity index (χ0v) is 10.9. The molecule has 0 saturated carbocycles. The van der Waals surface area contributed by atoms with Gasteiger partial charge in [-0.1, -0.05) is 24.6 Å². The fraction of sp³-hybridized carbons (Fsp3) is 0.500. The second-order valence-corrected chi connectivity index (χ2v) is 5.36. The highest BCUT2D eigenvalue weighted by molar-refractivity contribution is 7.99. The highest BCUT2D eigenvalue weighted by atomic mass is 35.5. The van der Waals surface area contributed by atoms with Gasteiger partial charge in [-0.05, 0) is 43.2 Å². The monoisotopic (exact) mass is 243 g/mol. The molecule has 1 atom stereocenters. The van der Waals surface area contributed by atoms with E-state index in [0.717, 1.165) is 22.8 Å². The van der Waals surface area contributed by atoms with Gasteiger partial charge < -0.3 is 5.73 Å². The normalized spacial score (nSPS) is 12.8. The highest BCUT2D eigenvalue weighted by Crippen LogP contribution is 2.25.